The summed E-state index contributed by atoms with van der Waals surface area (Å²) in [6.45, 7) is 5.87. The Morgan fingerprint density at radius 1 is 1.13 bits per heavy atom. The van der Waals surface area contributed by atoms with Crippen LogP contribution >= 0.6 is 11.3 Å². The zero-order valence-corrected chi connectivity index (χ0v) is 23.0. The summed E-state index contributed by atoms with van der Waals surface area (Å²) in [6, 6.07) is 6.23. The number of anilines is 2. The molecule has 0 bridgehead atoms. The molecule has 4 rings (SSSR count). The minimum Gasteiger partial charge on any atom is -0.465 e. The Balaban J connectivity index is 1.45. The molecule has 1 N–H and O–H groups in total. The maximum atomic E-state index is 16.1. The SMILES string of the molecule is CCCCOC(=O)[C@H]1CC[C@H](C(C)(F)c2ncc(-c3cc(C)cc(Nc4nccc(C(F)(F)F)n4)c3)s2)CC1. The van der Waals surface area contributed by atoms with E-state index in [0.717, 1.165) is 41.1 Å². The van der Waals surface area contributed by atoms with E-state index in [4.69, 9.17) is 4.74 Å². The minimum absolute atomic E-state index is 0.174. The number of nitrogens with one attached hydrogen (secondary N) is 1. The molecule has 11 heteroatoms. The van der Waals surface area contributed by atoms with Gasteiger partial charge < -0.3 is 10.1 Å². The van der Waals surface area contributed by atoms with Crippen molar-refractivity contribution < 1.29 is 27.1 Å². The summed E-state index contributed by atoms with van der Waals surface area (Å²) < 4.78 is 60.5. The Morgan fingerprint density at radius 2 is 1.87 bits per heavy atom. The first-order valence-corrected chi connectivity index (χ1v) is 13.9. The number of ether oxygens (including phenoxy) is 1. The summed E-state index contributed by atoms with van der Waals surface area (Å²) in [6.07, 6.45) is 2.23. The standard InChI is InChI=1S/C28H32F4N4O2S/c1-4-5-12-38-24(37)18-6-8-20(9-7-18)27(3,29)25-34-16-22(39-25)19-13-17(2)14-21(15-19)35-26-33-11-10-23(36-26)28(30,31)32/h10-11,13-16,18,20H,4-9,12H2,1-3H3,(H,33,35,36)/t18-,20-,27?. The molecule has 1 fully saturated rings. The molecule has 0 radical (unpaired) electrons. The van der Waals surface area contributed by atoms with Crippen LogP contribution in [-0.4, -0.2) is 27.5 Å². The van der Waals surface area contributed by atoms with Crippen LogP contribution in [-0.2, 0) is 21.4 Å². The van der Waals surface area contributed by atoms with Crippen LogP contribution in [0.25, 0.3) is 10.4 Å². The lowest BCUT2D eigenvalue weighted by atomic mass is 9.75. The van der Waals surface area contributed by atoms with Crippen molar-refractivity contribution in [3.63, 3.8) is 0 Å². The quantitative estimate of drug-likeness (QED) is 0.161. The van der Waals surface area contributed by atoms with Crippen molar-refractivity contribution in [2.75, 3.05) is 11.9 Å². The average molecular weight is 565 g/mol. The second kappa shape index (κ2) is 12.0. The van der Waals surface area contributed by atoms with E-state index in [2.05, 4.69) is 20.3 Å². The summed E-state index contributed by atoms with van der Waals surface area (Å²) in [7, 11) is 0. The van der Waals surface area contributed by atoms with E-state index in [0.29, 0.717) is 43.0 Å². The van der Waals surface area contributed by atoms with E-state index in [1.165, 1.54) is 11.3 Å². The Kier molecular flexibility index (Phi) is 8.88. The van der Waals surface area contributed by atoms with E-state index in [1.807, 2.05) is 19.9 Å². The fourth-order valence-corrected chi connectivity index (χ4v) is 5.84. The number of esters is 1. The molecule has 1 aromatic carbocycles. The molecule has 1 aliphatic rings. The fraction of sp³-hybridized carbons (Fsp3) is 0.500. The van der Waals surface area contributed by atoms with Crippen LogP contribution in [0, 0.1) is 18.8 Å². The largest absolute Gasteiger partial charge is 0.465 e. The van der Waals surface area contributed by atoms with Crippen LogP contribution < -0.4 is 5.32 Å². The van der Waals surface area contributed by atoms with Crippen LogP contribution in [0.3, 0.4) is 0 Å². The maximum Gasteiger partial charge on any atom is 0.433 e. The highest BCUT2D eigenvalue weighted by Crippen LogP contribution is 2.46. The number of hydrogen-bond acceptors (Lipinski definition) is 7. The zero-order valence-electron chi connectivity index (χ0n) is 22.1. The lowest BCUT2D eigenvalue weighted by Crippen LogP contribution is -2.33. The van der Waals surface area contributed by atoms with E-state index >= 15 is 4.39 Å². The van der Waals surface area contributed by atoms with Gasteiger partial charge in [-0.1, -0.05) is 19.4 Å². The van der Waals surface area contributed by atoms with Crippen LogP contribution in [0.5, 0.6) is 0 Å². The number of aromatic nitrogens is 3. The number of carbonyl (C=O) groups excluding carboxylic acids is 1. The highest BCUT2D eigenvalue weighted by atomic mass is 32.1. The average Bonchev–Trinajstić information content (AvgIpc) is 3.40. The van der Waals surface area contributed by atoms with Gasteiger partial charge in [0.1, 0.15) is 10.7 Å². The number of unbranched alkanes of at least 4 members (excludes halogenated alkanes) is 1. The zero-order chi connectivity index (χ0) is 28.2. The molecule has 1 unspecified atom stereocenters. The van der Waals surface area contributed by atoms with Crippen molar-refractivity contribution >= 4 is 28.9 Å². The summed E-state index contributed by atoms with van der Waals surface area (Å²) >= 11 is 1.25. The number of aryl methyl sites for hydroxylation is 1. The van der Waals surface area contributed by atoms with Gasteiger partial charge in [-0.2, -0.15) is 13.2 Å². The summed E-state index contributed by atoms with van der Waals surface area (Å²) in [5.41, 5.74) is -0.584. The molecule has 0 amide bonds. The molecule has 39 heavy (non-hydrogen) atoms. The Bertz CT molecular complexity index is 1290. The molecule has 0 aliphatic heterocycles. The lowest BCUT2D eigenvalue weighted by Gasteiger charge is -2.34. The molecule has 1 aliphatic carbocycles. The van der Waals surface area contributed by atoms with Crippen molar-refractivity contribution in [1.29, 1.82) is 0 Å². The molecule has 0 spiro atoms. The van der Waals surface area contributed by atoms with Crippen molar-refractivity contribution in [3.8, 4) is 10.4 Å². The molecular formula is C28H32F4N4O2S. The first kappa shape index (κ1) is 28.9. The van der Waals surface area contributed by atoms with Gasteiger partial charge in [0.15, 0.2) is 5.67 Å². The number of halogens is 4. The van der Waals surface area contributed by atoms with E-state index < -0.39 is 17.5 Å². The molecular weight excluding hydrogens is 532 g/mol. The monoisotopic (exact) mass is 564 g/mol. The topological polar surface area (TPSA) is 77.0 Å². The van der Waals surface area contributed by atoms with Crippen LogP contribution in [0.2, 0.25) is 0 Å². The number of thiazole rings is 1. The second-order valence-electron chi connectivity index (χ2n) is 10.2. The first-order chi connectivity index (χ1) is 18.5. The summed E-state index contributed by atoms with van der Waals surface area (Å²) in [4.78, 5) is 24.9. The normalized spacial score (nSPS) is 19.4. The van der Waals surface area contributed by atoms with Gasteiger partial charge >= 0.3 is 12.1 Å². The third kappa shape index (κ3) is 7.12. The summed E-state index contributed by atoms with van der Waals surface area (Å²) in [5.74, 6) is -0.797. The van der Waals surface area contributed by atoms with Gasteiger partial charge in [-0.05, 0) is 81.2 Å². The predicted molar refractivity (Wildman–Crippen MR) is 142 cm³/mol. The molecule has 6 nitrogen and oxygen atoms in total. The molecule has 3 aromatic rings. The third-order valence-corrected chi connectivity index (χ3v) is 8.32. The molecule has 210 valence electrons. The number of hydrogen-bond donors (Lipinski definition) is 1. The highest BCUT2D eigenvalue weighted by Gasteiger charge is 2.42. The molecule has 1 saturated carbocycles. The van der Waals surface area contributed by atoms with E-state index in [1.54, 1.807) is 25.3 Å². The number of benzene rings is 1. The van der Waals surface area contributed by atoms with Crippen LogP contribution in [0.15, 0.2) is 36.7 Å². The van der Waals surface area contributed by atoms with Gasteiger partial charge in [0.05, 0.1) is 17.4 Å². The lowest BCUT2D eigenvalue weighted by molar-refractivity contribution is -0.150. The van der Waals surface area contributed by atoms with Crippen molar-refractivity contribution in [1.82, 2.24) is 15.0 Å². The smallest absolute Gasteiger partial charge is 0.433 e. The van der Waals surface area contributed by atoms with Gasteiger partial charge in [-0.25, -0.2) is 19.3 Å². The third-order valence-electron chi connectivity index (χ3n) is 7.06. The van der Waals surface area contributed by atoms with Gasteiger partial charge in [0, 0.05) is 18.1 Å². The molecule has 2 heterocycles. The van der Waals surface area contributed by atoms with Crippen LogP contribution in [0.4, 0.5) is 29.2 Å². The summed E-state index contributed by atoms with van der Waals surface area (Å²) in [5, 5.41) is 3.20. The Morgan fingerprint density at radius 3 is 2.56 bits per heavy atom. The van der Waals surface area contributed by atoms with Gasteiger partial charge in [0.25, 0.3) is 0 Å². The molecule has 1 atom stereocenters. The molecule has 0 saturated heterocycles. The molecule has 2 aromatic heterocycles. The maximum absolute atomic E-state index is 16.1. The number of nitrogens with zero attached hydrogens (tertiary/aromatic N) is 3. The Labute approximate surface area is 229 Å². The van der Waals surface area contributed by atoms with Crippen molar-refractivity contribution in [2.24, 2.45) is 11.8 Å². The van der Waals surface area contributed by atoms with Crippen molar-refractivity contribution in [2.45, 2.75) is 71.1 Å². The predicted octanol–water partition coefficient (Wildman–Crippen LogP) is 8.01. The Hall–Kier alpha value is -3.08. The van der Waals surface area contributed by atoms with E-state index in [9.17, 15) is 18.0 Å². The number of rotatable bonds is 9. The van der Waals surface area contributed by atoms with Gasteiger partial charge in [-0.3, -0.25) is 4.79 Å². The second-order valence-corrected chi connectivity index (χ2v) is 11.2. The first-order valence-electron chi connectivity index (χ1n) is 13.1. The minimum atomic E-state index is -4.58. The van der Waals surface area contributed by atoms with Crippen LogP contribution in [0.1, 0.15) is 68.6 Å². The van der Waals surface area contributed by atoms with E-state index in [-0.39, 0.29) is 23.8 Å². The van der Waals surface area contributed by atoms with Crippen molar-refractivity contribution in [3.05, 3.63) is 52.9 Å². The number of carbonyl (C=O) groups is 1. The van der Waals surface area contributed by atoms with Gasteiger partial charge in [0.2, 0.25) is 5.95 Å². The fourth-order valence-electron chi connectivity index (χ4n) is 4.82. The van der Waals surface area contributed by atoms with Gasteiger partial charge in [-0.15, -0.1) is 11.3 Å². The number of alkyl halides is 4. The highest BCUT2D eigenvalue weighted by molar-refractivity contribution is 7.15.